The third kappa shape index (κ3) is 4.16. The predicted octanol–water partition coefficient (Wildman–Crippen LogP) is 5.88. The number of hydrogen-bond donors (Lipinski definition) is 1. The van der Waals surface area contributed by atoms with E-state index in [2.05, 4.69) is 47.9 Å². The van der Waals surface area contributed by atoms with Crippen LogP contribution in [0.25, 0.3) is 11.2 Å². The lowest BCUT2D eigenvalue weighted by molar-refractivity contribution is 0.389. The van der Waals surface area contributed by atoms with Gasteiger partial charge in [-0.2, -0.15) is 4.98 Å². The van der Waals surface area contributed by atoms with Crippen LogP contribution in [0.4, 0.5) is 5.95 Å². The van der Waals surface area contributed by atoms with Gasteiger partial charge in [-0.1, -0.05) is 39.1 Å². The van der Waals surface area contributed by atoms with Gasteiger partial charge in [0.1, 0.15) is 5.15 Å². The van der Waals surface area contributed by atoms with Gasteiger partial charge in [-0.25, -0.2) is 4.98 Å². The second kappa shape index (κ2) is 7.75. The van der Waals surface area contributed by atoms with Gasteiger partial charge in [-0.05, 0) is 67.5 Å². The van der Waals surface area contributed by atoms with Crippen molar-refractivity contribution in [2.45, 2.75) is 25.7 Å². The molecule has 0 unspecified atom stereocenters. The molecule has 1 atom stereocenters. The highest BCUT2D eigenvalue weighted by Gasteiger charge is 2.22. The monoisotopic (exact) mass is 452 g/mol. The number of H-pyrrole nitrogens is 1. The smallest absolute Gasteiger partial charge is 0.205 e. The number of piperidine rings is 1. The number of pyridine rings is 1. The highest BCUT2D eigenvalue weighted by Crippen LogP contribution is 2.27. The Kier molecular flexibility index (Phi) is 5.39. The Bertz CT molecular complexity index is 907. The second-order valence-electron chi connectivity index (χ2n) is 6.84. The minimum atomic E-state index is 0.472. The van der Waals surface area contributed by atoms with Crippen molar-refractivity contribution in [2.75, 3.05) is 18.0 Å². The first-order chi connectivity index (χ1) is 12.6. The van der Waals surface area contributed by atoms with E-state index in [4.69, 9.17) is 23.2 Å². The fourth-order valence-electron chi connectivity index (χ4n) is 3.63. The minimum absolute atomic E-state index is 0.472. The first-order valence-corrected chi connectivity index (χ1v) is 10.3. The van der Waals surface area contributed by atoms with Gasteiger partial charge in [-0.15, -0.1) is 0 Å². The van der Waals surface area contributed by atoms with E-state index >= 15 is 0 Å². The largest absolute Gasteiger partial charge is 0.342 e. The first-order valence-electron chi connectivity index (χ1n) is 8.79. The fourth-order valence-corrected chi connectivity index (χ4v) is 4.70. The zero-order valence-electron chi connectivity index (χ0n) is 14.2. The molecule has 1 aliphatic heterocycles. The van der Waals surface area contributed by atoms with Gasteiger partial charge in [-0.3, -0.25) is 0 Å². The normalized spacial score (nSPS) is 17.8. The standard InChI is InChI=1S/C19H19BrCl2N4/c20-14-8-13(9-15(21)10-14)4-3-12-2-1-7-26(11-12)19-23-16-5-6-17(22)24-18(16)25-19/h5-6,8-10,12H,1-4,7,11H2,(H,23,24,25)/t12-/m1/s1. The summed E-state index contributed by atoms with van der Waals surface area (Å²) in [6, 6.07) is 9.85. The molecule has 0 amide bonds. The molecule has 4 rings (SSSR count). The van der Waals surface area contributed by atoms with Crippen molar-refractivity contribution in [1.82, 2.24) is 15.0 Å². The van der Waals surface area contributed by atoms with E-state index in [-0.39, 0.29) is 0 Å². The number of aromatic nitrogens is 3. The molecule has 0 spiro atoms. The highest BCUT2D eigenvalue weighted by molar-refractivity contribution is 9.10. The summed E-state index contributed by atoms with van der Waals surface area (Å²) in [5.74, 6) is 1.54. The fraction of sp³-hybridized carbons (Fsp3) is 0.368. The van der Waals surface area contributed by atoms with E-state index in [0.29, 0.717) is 16.7 Å². The van der Waals surface area contributed by atoms with E-state index < -0.39 is 0 Å². The molecule has 3 heterocycles. The van der Waals surface area contributed by atoms with E-state index in [1.165, 1.54) is 18.4 Å². The van der Waals surface area contributed by atoms with Crippen LogP contribution in [0.3, 0.4) is 0 Å². The van der Waals surface area contributed by atoms with Crippen LogP contribution in [0.5, 0.6) is 0 Å². The molecule has 1 aliphatic rings. The Labute approximate surface area is 171 Å². The molecule has 26 heavy (non-hydrogen) atoms. The lowest BCUT2D eigenvalue weighted by Gasteiger charge is -2.32. The summed E-state index contributed by atoms with van der Waals surface area (Å²) in [6.07, 6.45) is 4.61. The van der Waals surface area contributed by atoms with Gasteiger partial charge in [0.15, 0.2) is 5.65 Å². The van der Waals surface area contributed by atoms with E-state index in [9.17, 15) is 0 Å². The number of aromatic amines is 1. The predicted molar refractivity (Wildman–Crippen MR) is 111 cm³/mol. The molecule has 0 saturated carbocycles. The van der Waals surface area contributed by atoms with Crippen LogP contribution >= 0.6 is 39.1 Å². The van der Waals surface area contributed by atoms with Gasteiger partial charge < -0.3 is 9.88 Å². The van der Waals surface area contributed by atoms with Gasteiger partial charge in [0.2, 0.25) is 5.95 Å². The number of hydrogen-bond acceptors (Lipinski definition) is 3. The molecule has 0 bridgehead atoms. The highest BCUT2D eigenvalue weighted by atomic mass is 79.9. The van der Waals surface area contributed by atoms with Crippen molar-refractivity contribution in [3.63, 3.8) is 0 Å². The number of aryl methyl sites for hydroxylation is 1. The van der Waals surface area contributed by atoms with Gasteiger partial charge >= 0.3 is 0 Å². The molecule has 1 fully saturated rings. The molecular weight excluding hydrogens is 435 g/mol. The summed E-state index contributed by atoms with van der Waals surface area (Å²) < 4.78 is 1.04. The maximum absolute atomic E-state index is 6.16. The third-order valence-corrected chi connectivity index (χ3v) is 5.77. The number of benzene rings is 1. The molecule has 1 N–H and O–H groups in total. The lowest BCUT2D eigenvalue weighted by Crippen LogP contribution is -2.36. The summed E-state index contributed by atoms with van der Waals surface area (Å²) in [4.78, 5) is 14.6. The van der Waals surface area contributed by atoms with Crippen LogP contribution in [0.15, 0.2) is 34.8 Å². The van der Waals surface area contributed by atoms with Crippen LogP contribution in [-0.2, 0) is 6.42 Å². The number of nitrogens with one attached hydrogen (secondary N) is 1. The summed E-state index contributed by atoms with van der Waals surface area (Å²) in [5, 5.41) is 1.26. The number of fused-ring (bicyclic) bond motifs is 1. The molecule has 136 valence electrons. The Morgan fingerprint density at radius 1 is 1.19 bits per heavy atom. The van der Waals surface area contributed by atoms with Crippen molar-refractivity contribution in [1.29, 1.82) is 0 Å². The molecule has 2 aromatic heterocycles. The number of rotatable bonds is 4. The molecule has 1 aromatic carbocycles. The van der Waals surface area contributed by atoms with Crippen molar-refractivity contribution >= 4 is 56.2 Å². The summed E-state index contributed by atoms with van der Waals surface area (Å²) in [7, 11) is 0. The maximum atomic E-state index is 6.16. The van der Waals surface area contributed by atoms with Crippen molar-refractivity contribution in [2.24, 2.45) is 5.92 Å². The lowest BCUT2D eigenvalue weighted by atomic mass is 9.92. The molecule has 1 saturated heterocycles. The van der Waals surface area contributed by atoms with Crippen LogP contribution in [0.1, 0.15) is 24.8 Å². The number of anilines is 1. The molecule has 4 nitrogen and oxygen atoms in total. The summed E-state index contributed by atoms with van der Waals surface area (Å²) in [5.41, 5.74) is 2.89. The van der Waals surface area contributed by atoms with Gasteiger partial charge in [0.05, 0.1) is 5.52 Å². The number of halogens is 3. The Hall–Kier alpha value is -1.30. The number of nitrogens with zero attached hydrogens (tertiary/aromatic N) is 3. The van der Waals surface area contributed by atoms with E-state index in [1.54, 1.807) is 6.07 Å². The van der Waals surface area contributed by atoms with Crippen LogP contribution < -0.4 is 4.90 Å². The minimum Gasteiger partial charge on any atom is -0.342 e. The number of imidazole rings is 1. The quantitative estimate of drug-likeness (QED) is 0.502. The van der Waals surface area contributed by atoms with E-state index in [1.807, 2.05) is 12.1 Å². The first kappa shape index (κ1) is 18.1. The topological polar surface area (TPSA) is 44.8 Å². The van der Waals surface area contributed by atoms with Crippen LogP contribution in [0.2, 0.25) is 10.2 Å². The zero-order valence-corrected chi connectivity index (χ0v) is 17.3. The average Bonchev–Trinajstić information content (AvgIpc) is 3.03. The van der Waals surface area contributed by atoms with E-state index in [0.717, 1.165) is 46.9 Å². The summed E-state index contributed by atoms with van der Waals surface area (Å²) in [6.45, 7) is 2.03. The zero-order chi connectivity index (χ0) is 18.1. The molecule has 0 radical (unpaired) electrons. The van der Waals surface area contributed by atoms with Gasteiger partial charge in [0, 0.05) is 22.6 Å². The van der Waals surface area contributed by atoms with Crippen molar-refractivity contribution in [3.05, 3.63) is 50.5 Å². The molecule has 7 heteroatoms. The molecular formula is C19H19BrCl2N4. The Morgan fingerprint density at radius 2 is 2.08 bits per heavy atom. The second-order valence-corrected chi connectivity index (χ2v) is 8.58. The van der Waals surface area contributed by atoms with Crippen molar-refractivity contribution in [3.8, 4) is 0 Å². The molecule has 0 aliphatic carbocycles. The Morgan fingerprint density at radius 3 is 2.92 bits per heavy atom. The third-order valence-electron chi connectivity index (χ3n) is 4.88. The van der Waals surface area contributed by atoms with Gasteiger partial charge in [0.25, 0.3) is 0 Å². The van der Waals surface area contributed by atoms with Crippen LogP contribution in [0, 0.1) is 5.92 Å². The Balaban J connectivity index is 1.43. The SMILES string of the molecule is Clc1cc(Br)cc(CC[C@H]2CCCN(c3nc4nc(Cl)ccc4[nH]3)C2)c1. The summed E-state index contributed by atoms with van der Waals surface area (Å²) >= 11 is 15.6. The average molecular weight is 454 g/mol. The van der Waals surface area contributed by atoms with Crippen LogP contribution in [-0.4, -0.2) is 28.0 Å². The molecule has 3 aromatic rings. The van der Waals surface area contributed by atoms with Crippen molar-refractivity contribution < 1.29 is 0 Å². The maximum Gasteiger partial charge on any atom is 0.205 e.